The summed E-state index contributed by atoms with van der Waals surface area (Å²) in [5.41, 5.74) is 0.580. The van der Waals surface area contributed by atoms with Crippen molar-refractivity contribution in [1.82, 2.24) is 10.6 Å². The summed E-state index contributed by atoms with van der Waals surface area (Å²) in [5, 5.41) is 6.56. The van der Waals surface area contributed by atoms with E-state index in [1.807, 2.05) is 6.07 Å². The second kappa shape index (κ2) is 7.63. The van der Waals surface area contributed by atoms with Crippen LogP contribution in [0.15, 0.2) is 24.3 Å². The van der Waals surface area contributed by atoms with Gasteiger partial charge >= 0.3 is 0 Å². The van der Waals surface area contributed by atoms with Gasteiger partial charge in [0.05, 0.1) is 5.54 Å². The third kappa shape index (κ3) is 4.45. The fraction of sp³-hybridized carbons (Fsp3) is 0.611. The van der Waals surface area contributed by atoms with Crippen molar-refractivity contribution in [2.24, 2.45) is 11.8 Å². The molecule has 3 nitrogen and oxygen atoms in total. The third-order valence-corrected chi connectivity index (χ3v) is 5.15. The summed E-state index contributed by atoms with van der Waals surface area (Å²) < 4.78 is 13.4. The maximum atomic E-state index is 13.4. The Kier molecular flexibility index (Phi) is 6.04. The molecule has 1 aliphatic heterocycles. The van der Waals surface area contributed by atoms with Crippen LogP contribution >= 0.6 is 12.4 Å². The molecule has 2 aliphatic rings. The number of piperidine rings is 1. The molecule has 23 heavy (non-hydrogen) atoms. The number of nitrogens with one attached hydrogen (secondary N) is 2. The predicted molar refractivity (Wildman–Crippen MR) is 92.1 cm³/mol. The number of carbonyl (C=O) groups is 1. The van der Waals surface area contributed by atoms with E-state index in [2.05, 4.69) is 17.6 Å². The minimum Gasteiger partial charge on any atom is -0.347 e. The fourth-order valence-electron chi connectivity index (χ4n) is 3.54. The van der Waals surface area contributed by atoms with Crippen LogP contribution in [0, 0.1) is 17.7 Å². The molecule has 0 bridgehead atoms. The highest BCUT2D eigenvalue weighted by Crippen LogP contribution is 2.45. The Morgan fingerprint density at radius 1 is 1.48 bits per heavy atom. The molecule has 2 N–H and O–H groups in total. The van der Waals surface area contributed by atoms with Crippen molar-refractivity contribution < 1.29 is 9.18 Å². The average Bonchev–Trinajstić information content (AvgIpc) is 3.29. The molecule has 0 aromatic heterocycles. The Bertz CT molecular complexity index is 542. The lowest BCUT2D eigenvalue weighted by molar-refractivity contribution is -0.123. The van der Waals surface area contributed by atoms with E-state index in [0.717, 1.165) is 31.5 Å². The maximum Gasteiger partial charge on any atom is 0.220 e. The van der Waals surface area contributed by atoms with Gasteiger partial charge in [0.25, 0.3) is 0 Å². The van der Waals surface area contributed by atoms with Crippen LogP contribution in [0.3, 0.4) is 0 Å². The summed E-state index contributed by atoms with van der Waals surface area (Å²) in [6.07, 6.45) is 4.77. The molecular weight excluding hydrogens is 315 g/mol. The molecule has 1 aromatic carbocycles. The van der Waals surface area contributed by atoms with E-state index in [0.29, 0.717) is 18.3 Å². The van der Waals surface area contributed by atoms with Crippen molar-refractivity contribution in [3.8, 4) is 0 Å². The molecule has 1 saturated carbocycles. The molecule has 1 aromatic rings. The van der Waals surface area contributed by atoms with Gasteiger partial charge in [0.2, 0.25) is 5.91 Å². The highest BCUT2D eigenvalue weighted by molar-refractivity contribution is 5.85. The van der Waals surface area contributed by atoms with Crippen LogP contribution in [-0.2, 0) is 10.3 Å². The van der Waals surface area contributed by atoms with Crippen molar-refractivity contribution in [1.29, 1.82) is 0 Å². The first-order chi connectivity index (χ1) is 10.6. The molecular formula is C18H26ClFN2O. The monoisotopic (exact) mass is 340 g/mol. The molecule has 0 radical (unpaired) electrons. The maximum absolute atomic E-state index is 13.4. The first-order valence-electron chi connectivity index (χ1n) is 8.37. The number of amides is 1. The van der Waals surface area contributed by atoms with Crippen molar-refractivity contribution in [2.75, 3.05) is 13.1 Å². The van der Waals surface area contributed by atoms with E-state index in [9.17, 15) is 9.18 Å². The Morgan fingerprint density at radius 2 is 2.26 bits per heavy atom. The van der Waals surface area contributed by atoms with Crippen LogP contribution < -0.4 is 10.6 Å². The lowest BCUT2D eigenvalue weighted by Crippen LogP contribution is -2.38. The quantitative estimate of drug-likeness (QED) is 0.862. The summed E-state index contributed by atoms with van der Waals surface area (Å²) in [4.78, 5) is 12.4. The number of rotatable bonds is 5. The Hall–Kier alpha value is -1.13. The second-order valence-corrected chi connectivity index (χ2v) is 6.93. The normalized spacial score (nSPS) is 23.5. The number of benzene rings is 1. The van der Waals surface area contributed by atoms with Gasteiger partial charge in [-0.2, -0.15) is 0 Å². The molecule has 3 rings (SSSR count). The van der Waals surface area contributed by atoms with Gasteiger partial charge in [-0.15, -0.1) is 12.4 Å². The average molecular weight is 341 g/mol. The van der Waals surface area contributed by atoms with E-state index >= 15 is 0 Å². The van der Waals surface area contributed by atoms with Crippen LogP contribution in [0.25, 0.3) is 0 Å². The first kappa shape index (κ1) is 18.2. The zero-order valence-corrected chi connectivity index (χ0v) is 14.4. The molecule has 1 saturated heterocycles. The molecule has 1 aliphatic carbocycles. The van der Waals surface area contributed by atoms with Crippen molar-refractivity contribution >= 4 is 18.3 Å². The number of hydrogen-bond donors (Lipinski definition) is 2. The van der Waals surface area contributed by atoms with Gasteiger partial charge in [-0.05, 0) is 68.3 Å². The standard InChI is InChI=1S/C18H25FN2O.ClH/c1-13(14-4-3-9-20-12-14)10-17(22)21-18(7-8-18)15-5-2-6-16(19)11-15;/h2,5-6,11,13-14,20H,3-4,7-10,12H2,1H3,(H,21,22);1H. The van der Waals surface area contributed by atoms with E-state index < -0.39 is 0 Å². The summed E-state index contributed by atoms with van der Waals surface area (Å²) in [6.45, 7) is 4.28. The van der Waals surface area contributed by atoms with Crippen LogP contribution in [0.4, 0.5) is 4.39 Å². The van der Waals surface area contributed by atoms with Crippen LogP contribution in [-0.4, -0.2) is 19.0 Å². The SMILES string of the molecule is CC(CC(=O)NC1(c2cccc(F)c2)CC1)C1CCCNC1.Cl. The topological polar surface area (TPSA) is 41.1 Å². The lowest BCUT2D eigenvalue weighted by atomic mass is 9.85. The van der Waals surface area contributed by atoms with Gasteiger partial charge in [-0.1, -0.05) is 19.1 Å². The summed E-state index contributed by atoms with van der Waals surface area (Å²) in [7, 11) is 0. The third-order valence-electron chi connectivity index (χ3n) is 5.15. The lowest BCUT2D eigenvalue weighted by Gasteiger charge is -2.28. The molecule has 2 atom stereocenters. The van der Waals surface area contributed by atoms with E-state index in [4.69, 9.17) is 0 Å². The van der Waals surface area contributed by atoms with E-state index in [1.54, 1.807) is 12.1 Å². The number of halogens is 2. The van der Waals surface area contributed by atoms with E-state index in [1.165, 1.54) is 18.9 Å². The Morgan fingerprint density at radius 3 is 2.87 bits per heavy atom. The number of carbonyl (C=O) groups excluding carboxylic acids is 1. The summed E-state index contributed by atoms with van der Waals surface area (Å²) in [5.74, 6) is 0.833. The van der Waals surface area contributed by atoms with Gasteiger partial charge in [0, 0.05) is 6.42 Å². The van der Waals surface area contributed by atoms with Gasteiger partial charge in [-0.3, -0.25) is 4.79 Å². The van der Waals surface area contributed by atoms with Gasteiger partial charge in [-0.25, -0.2) is 4.39 Å². The Labute approximate surface area is 143 Å². The minimum atomic E-state index is -0.316. The summed E-state index contributed by atoms with van der Waals surface area (Å²) >= 11 is 0. The van der Waals surface area contributed by atoms with Crippen molar-refractivity contribution in [3.63, 3.8) is 0 Å². The van der Waals surface area contributed by atoms with Gasteiger partial charge in [0.15, 0.2) is 0 Å². The van der Waals surface area contributed by atoms with E-state index in [-0.39, 0.29) is 29.7 Å². The number of hydrogen-bond acceptors (Lipinski definition) is 2. The van der Waals surface area contributed by atoms with Gasteiger partial charge < -0.3 is 10.6 Å². The smallest absolute Gasteiger partial charge is 0.220 e. The van der Waals surface area contributed by atoms with Gasteiger partial charge in [0.1, 0.15) is 5.82 Å². The van der Waals surface area contributed by atoms with Crippen LogP contribution in [0.5, 0.6) is 0 Å². The predicted octanol–water partition coefficient (Wildman–Crippen LogP) is 3.38. The minimum absolute atomic E-state index is 0. The molecule has 1 amide bonds. The molecule has 0 spiro atoms. The molecule has 2 unspecified atom stereocenters. The van der Waals surface area contributed by atoms with Crippen LogP contribution in [0.2, 0.25) is 0 Å². The highest BCUT2D eigenvalue weighted by Gasteiger charge is 2.45. The second-order valence-electron chi connectivity index (χ2n) is 6.93. The Balaban J connectivity index is 0.00000192. The van der Waals surface area contributed by atoms with Crippen LogP contribution in [0.1, 0.15) is 44.6 Å². The summed E-state index contributed by atoms with van der Waals surface area (Å²) in [6, 6.07) is 6.61. The van der Waals surface area contributed by atoms with Crippen molar-refractivity contribution in [2.45, 2.75) is 44.6 Å². The molecule has 2 fully saturated rings. The zero-order chi connectivity index (χ0) is 15.6. The largest absolute Gasteiger partial charge is 0.347 e. The molecule has 128 valence electrons. The first-order valence-corrected chi connectivity index (χ1v) is 8.37. The molecule has 5 heteroatoms. The highest BCUT2D eigenvalue weighted by atomic mass is 35.5. The zero-order valence-electron chi connectivity index (χ0n) is 13.6. The van der Waals surface area contributed by atoms with Crippen molar-refractivity contribution in [3.05, 3.63) is 35.6 Å². The fourth-order valence-corrected chi connectivity index (χ4v) is 3.54. The molecule has 1 heterocycles.